The van der Waals surface area contributed by atoms with Gasteiger partial charge in [0.05, 0.1) is 15.5 Å². The summed E-state index contributed by atoms with van der Waals surface area (Å²) < 4.78 is 2.14. The van der Waals surface area contributed by atoms with Gasteiger partial charge in [0.15, 0.2) is 0 Å². The van der Waals surface area contributed by atoms with E-state index >= 15 is 0 Å². The highest BCUT2D eigenvalue weighted by Gasteiger charge is 2.25. The van der Waals surface area contributed by atoms with Gasteiger partial charge in [-0.15, -0.1) is 0 Å². The molecule has 0 fully saturated rings. The van der Waals surface area contributed by atoms with Crippen LogP contribution in [0.4, 0.5) is 5.69 Å². The van der Waals surface area contributed by atoms with E-state index in [0.717, 1.165) is 24.5 Å². The fourth-order valence-corrected chi connectivity index (χ4v) is 3.72. The van der Waals surface area contributed by atoms with Crippen LogP contribution in [-0.2, 0) is 11.3 Å². The van der Waals surface area contributed by atoms with Gasteiger partial charge in [-0.05, 0) is 35.9 Å². The first kappa shape index (κ1) is 23.3. The second-order valence-corrected chi connectivity index (χ2v) is 8.24. The van der Waals surface area contributed by atoms with Crippen molar-refractivity contribution in [3.63, 3.8) is 0 Å². The number of aromatic nitrogens is 1. The average Bonchev–Trinajstić information content (AvgIpc) is 3.17. The molecule has 1 aromatic heterocycles. The Morgan fingerprint density at radius 2 is 1.91 bits per heavy atom. The number of carbonyl (C=O) groups excluding carboxylic acids is 2. The predicted octanol–water partition coefficient (Wildman–Crippen LogP) is 4.16. The van der Waals surface area contributed by atoms with Gasteiger partial charge in [-0.2, -0.15) is 0 Å². The first-order chi connectivity index (χ1) is 15.3. The maximum absolute atomic E-state index is 12.7. The summed E-state index contributed by atoms with van der Waals surface area (Å²) in [4.78, 5) is 35.6. The van der Waals surface area contributed by atoms with Crippen LogP contribution in [0.2, 0.25) is 5.02 Å². The lowest BCUT2D eigenvalue weighted by molar-refractivity contribution is -0.384. The molecule has 0 bridgehead atoms. The van der Waals surface area contributed by atoms with Crippen molar-refractivity contribution in [1.29, 1.82) is 0 Å². The normalized spacial score (nSPS) is 12.0. The summed E-state index contributed by atoms with van der Waals surface area (Å²) in [5, 5.41) is 17.5. The highest BCUT2D eigenvalue weighted by molar-refractivity contribution is 6.34. The lowest BCUT2D eigenvalue weighted by Gasteiger charge is -2.22. The summed E-state index contributed by atoms with van der Waals surface area (Å²) >= 11 is 6.04. The molecule has 9 heteroatoms. The number of halogens is 1. The molecule has 2 N–H and O–H groups in total. The van der Waals surface area contributed by atoms with E-state index < -0.39 is 16.9 Å². The monoisotopic (exact) mass is 456 g/mol. The van der Waals surface area contributed by atoms with Crippen LogP contribution in [0.1, 0.15) is 30.6 Å². The smallest absolute Gasteiger partial charge is 0.270 e. The fourth-order valence-electron chi connectivity index (χ4n) is 3.46. The van der Waals surface area contributed by atoms with Gasteiger partial charge in [-0.1, -0.05) is 43.6 Å². The maximum atomic E-state index is 12.7. The van der Waals surface area contributed by atoms with Crippen LogP contribution in [0.3, 0.4) is 0 Å². The standard InChI is InChI=1S/C23H25ClN4O4/c1-15(2)21(26-22(29)18-9-8-17(28(31)32)14-19(18)24)23(30)25-11-5-12-27-13-10-16-6-3-4-7-20(16)27/h3-4,6-10,13-15,21H,5,11-12H2,1-2H3,(H,25,30)(H,26,29)/t21-/m0/s1. The zero-order valence-electron chi connectivity index (χ0n) is 17.9. The van der Waals surface area contributed by atoms with E-state index in [-0.39, 0.29) is 28.1 Å². The van der Waals surface area contributed by atoms with Crippen LogP contribution in [0.5, 0.6) is 0 Å². The average molecular weight is 457 g/mol. The summed E-state index contributed by atoms with van der Waals surface area (Å²) in [7, 11) is 0. The molecule has 1 heterocycles. The molecule has 168 valence electrons. The minimum atomic E-state index is -0.763. The third-order valence-electron chi connectivity index (χ3n) is 5.20. The van der Waals surface area contributed by atoms with Crippen molar-refractivity contribution >= 4 is 40.0 Å². The number of hydrogen-bond donors (Lipinski definition) is 2. The number of nitrogens with one attached hydrogen (secondary N) is 2. The van der Waals surface area contributed by atoms with Crippen LogP contribution in [0.15, 0.2) is 54.7 Å². The summed E-state index contributed by atoms with van der Waals surface area (Å²) in [5.41, 5.74) is 1.02. The Morgan fingerprint density at radius 3 is 2.59 bits per heavy atom. The summed E-state index contributed by atoms with van der Waals surface area (Å²) in [5.74, 6) is -1.01. The quantitative estimate of drug-likeness (QED) is 0.286. The van der Waals surface area contributed by atoms with E-state index in [1.165, 1.54) is 17.5 Å². The molecular formula is C23H25ClN4O4. The molecule has 0 aliphatic carbocycles. The van der Waals surface area contributed by atoms with E-state index in [1.807, 2.05) is 32.2 Å². The molecule has 0 saturated carbocycles. The van der Waals surface area contributed by atoms with Crippen molar-refractivity contribution in [2.45, 2.75) is 32.9 Å². The van der Waals surface area contributed by atoms with Crippen molar-refractivity contribution in [2.75, 3.05) is 6.54 Å². The molecule has 0 aliphatic heterocycles. The molecule has 0 saturated heterocycles. The molecule has 8 nitrogen and oxygen atoms in total. The minimum Gasteiger partial charge on any atom is -0.354 e. The molecule has 0 unspecified atom stereocenters. The molecule has 32 heavy (non-hydrogen) atoms. The zero-order valence-corrected chi connectivity index (χ0v) is 18.6. The number of para-hydroxylation sites is 1. The highest BCUT2D eigenvalue weighted by atomic mass is 35.5. The zero-order chi connectivity index (χ0) is 23.3. The van der Waals surface area contributed by atoms with Crippen LogP contribution >= 0.6 is 11.6 Å². The van der Waals surface area contributed by atoms with Gasteiger partial charge in [0, 0.05) is 36.9 Å². The minimum absolute atomic E-state index is 0.0430. The third kappa shape index (κ3) is 5.45. The van der Waals surface area contributed by atoms with Crippen LogP contribution in [0.25, 0.3) is 10.9 Å². The van der Waals surface area contributed by atoms with Crippen LogP contribution < -0.4 is 10.6 Å². The Balaban J connectivity index is 1.56. The van der Waals surface area contributed by atoms with Crippen molar-refractivity contribution in [2.24, 2.45) is 5.92 Å². The largest absolute Gasteiger partial charge is 0.354 e. The van der Waals surface area contributed by atoms with E-state index in [2.05, 4.69) is 33.4 Å². The third-order valence-corrected chi connectivity index (χ3v) is 5.51. The Bertz CT molecular complexity index is 1140. The number of benzene rings is 2. The number of fused-ring (bicyclic) bond motifs is 1. The summed E-state index contributed by atoms with van der Waals surface area (Å²) in [6, 6.07) is 13.0. The Morgan fingerprint density at radius 1 is 1.16 bits per heavy atom. The predicted molar refractivity (Wildman–Crippen MR) is 124 cm³/mol. The van der Waals surface area contributed by atoms with Crippen molar-refractivity contribution < 1.29 is 14.5 Å². The molecule has 3 aromatic rings. The van der Waals surface area contributed by atoms with Gasteiger partial charge in [0.25, 0.3) is 11.6 Å². The number of non-ortho nitro benzene ring substituents is 1. The van der Waals surface area contributed by atoms with Gasteiger partial charge < -0.3 is 15.2 Å². The summed E-state index contributed by atoms with van der Waals surface area (Å²) in [6.45, 7) is 4.87. The molecule has 2 amide bonds. The Labute approximate surface area is 190 Å². The van der Waals surface area contributed by atoms with E-state index in [1.54, 1.807) is 0 Å². The number of amides is 2. The molecule has 0 radical (unpaired) electrons. The number of aryl methyl sites for hydroxylation is 1. The van der Waals surface area contributed by atoms with Crippen LogP contribution in [-0.4, -0.2) is 33.9 Å². The molecule has 2 aromatic carbocycles. The van der Waals surface area contributed by atoms with Crippen LogP contribution in [0, 0.1) is 16.0 Å². The van der Waals surface area contributed by atoms with Crippen molar-refractivity contribution in [3.05, 3.63) is 75.4 Å². The second-order valence-electron chi connectivity index (χ2n) is 7.83. The van der Waals surface area contributed by atoms with Gasteiger partial charge in [-0.3, -0.25) is 19.7 Å². The number of carbonyl (C=O) groups is 2. The van der Waals surface area contributed by atoms with E-state index in [0.29, 0.717) is 6.54 Å². The number of nitrogens with zero attached hydrogens (tertiary/aromatic N) is 2. The highest BCUT2D eigenvalue weighted by Crippen LogP contribution is 2.22. The summed E-state index contributed by atoms with van der Waals surface area (Å²) in [6.07, 6.45) is 2.76. The van der Waals surface area contributed by atoms with Crippen molar-refractivity contribution in [1.82, 2.24) is 15.2 Å². The van der Waals surface area contributed by atoms with Gasteiger partial charge in [0.1, 0.15) is 6.04 Å². The van der Waals surface area contributed by atoms with Crippen molar-refractivity contribution in [3.8, 4) is 0 Å². The SMILES string of the molecule is CC(C)[C@H](NC(=O)c1ccc([N+](=O)[O-])cc1Cl)C(=O)NCCCn1ccc2ccccc21. The lowest BCUT2D eigenvalue weighted by Crippen LogP contribution is -2.50. The fraction of sp³-hybridized carbons (Fsp3) is 0.304. The molecule has 0 spiro atoms. The maximum Gasteiger partial charge on any atom is 0.270 e. The second kappa shape index (κ2) is 10.3. The molecule has 3 rings (SSSR count). The number of hydrogen-bond acceptors (Lipinski definition) is 4. The molecular weight excluding hydrogens is 432 g/mol. The first-order valence-corrected chi connectivity index (χ1v) is 10.7. The van der Waals surface area contributed by atoms with Gasteiger partial charge in [0.2, 0.25) is 5.91 Å². The topological polar surface area (TPSA) is 106 Å². The number of nitro groups is 1. The van der Waals surface area contributed by atoms with E-state index in [4.69, 9.17) is 11.6 Å². The van der Waals surface area contributed by atoms with Gasteiger partial charge in [-0.25, -0.2) is 0 Å². The Kier molecular flexibility index (Phi) is 7.48. The van der Waals surface area contributed by atoms with E-state index in [9.17, 15) is 19.7 Å². The number of rotatable bonds is 9. The number of nitro benzene ring substituents is 1. The first-order valence-electron chi connectivity index (χ1n) is 10.3. The Hall–Kier alpha value is -3.39. The molecule has 1 atom stereocenters. The molecule has 0 aliphatic rings. The van der Waals surface area contributed by atoms with Gasteiger partial charge >= 0.3 is 0 Å². The lowest BCUT2D eigenvalue weighted by atomic mass is 10.0.